The molecule has 0 aliphatic rings. The van der Waals surface area contributed by atoms with Crippen molar-refractivity contribution in [2.75, 3.05) is 14.2 Å². The zero-order chi connectivity index (χ0) is 18.1. The highest BCUT2D eigenvalue weighted by Gasteiger charge is 2.19. The molecule has 25 heavy (non-hydrogen) atoms. The number of amides is 1. The number of aryl methyl sites for hydroxylation is 2. The summed E-state index contributed by atoms with van der Waals surface area (Å²) in [5.41, 5.74) is 1.80. The number of carbonyl (C=O) groups excluding carboxylic acids is 1. The Morgan fingerprint density at radius 2 is 2.04 bits per heavy atom. The van der Waals surface area contributed by atoms with Gasteiger partial charge < -0.3 is 14.8 Å². The Bertz CT molecular complexity index is 895. The molecule has 6 nitrogen and oxygen atoms in total. The van der Waals surface area contributed by atoms with Crippen molar-refractivity contribution in [1.82, 2.24) is 15.1 Å². The van der Waals surface area contributed by atoms with Crippen molar-refractivity contribution in [3.63, 3.8) is 0 Å². The van der Waals surface area contributed by atoms with Gasteiger partial charge in [0, 0.05) is 18.0 Å². The third kappa shape index (κ3) is 3.19. The number of benzene rings is 1. The molecular formula is C18H21N3O3S. The summed E-state index contributed by atoms with van der Waals surface area (Å²) in [6, 6.07) is 7.22. The first-order valence-corrected chi connectivity index (χ1v) is 8.72. The van der Waals surface area contributed by atoms with Gasteiger partial charge in [0.15, 0.2) is 0 Å². The molecule has 0 aliphatic carbocycles. The van der Waals surface area contributed by atoms with Crippen LogP contribution in [0.1, 0.15) is 33.9 Å². The third-order valence-corrected chi connectivity index (χ3v) is 5.37. The molecule has 7 heteroatoms. The van der Waals surface area contributed by atoms with Crippen LogP contribution in [0.15, 0.2) is 24.3 Å². The number of nitrogens with zero attached hydrogens (tertiary/aromatic N) is 2. The molecule has 1 aromatic carbocycles. The highest BCUT2D eigenvalue weighted by Crippen LogP contribution is 2.31. The fourth-order valence-corrected chi connectivity index (χ4v) is 3.87. The molecule has 0 radical (unpaired) electrons. The molecule has 0 fully saturated rings. The van der Waals surface area contributed by atoms with Crippen molar-refractivity contribution in [3.05, 3.63) is 40.4 Å². The smallest absolute Gasteiger partial charge is 0.261 e. The first kappa shape index (κ1) is 17.3. The van der Waals surface area contributed by atoms with Gasteiger partial charge in [-0.1, -0.05) is 0 Å². The predicted molar refractivity (Wildman–Crippen MR) is 98.8 cm³/mol. The summed E-state index contributed by atoms with van der Waals surface area (Å²) in [5, 5.41) is 8.42. The van der Waals surface area contributed by atoms with Gasteiger partial charge in [0.25, 0.3) is 5.91 Å². The average Bonchev–Trinajstić information content (AvgIpc) is 3.16. The molecule has 0 aliphatic heterocycles. The second-order valence-corrected chi connectivity index (χ2v) is 6.87. The van der Waals surface area contributed by atoms with Gasteiger partial charge in [-0.15, -0.1) is 11.3 Å². The largest absolute Gasteiger partial charge is 0.497 e. The maximum atomic E-state index is 12.7. The molecule has 0 bridgehead atoms. The standard InChI is InChI=1S/C18H21N3O3S/c1-10(13-8-12(23-4)6-7-15(13)24-5)19-17(22)16-9-14-11(2)20-21(3)18(14)25-16/h6-10H,1-5H3,(H,19,22). The summed E-state index contributed by atoms with van der Waals surface area (Å²) in [6.45, 7) is 3.87. The fourth-order valence-electron chi connectivity index (χ4n) is 2.84. The molecule has 0 saturated heterocycles. The van der Waals surface area contributed by atoms with Crippen LogP contribution in [-0.4, -0.2) is 29.9 Å². The van der Waals surface area contributed by atoms with Gasteiger partial charge in [-0.05, 0) is 38.1 Å². The number of hydrogen-bond acceptors (Lipinski definition) is 5. The van der Waals surface area contributed by atoms with Crippen LogP contribution < -0.4 is 14.8 Å². The van der Waals surface area contributed by atoms with E-state index in [4.69, 9.17) is 9.47 Å². The minimum absolute atomic E-state index is 0.113. The molecule has 1 N–H and O–H groups in total. The maximum absolute atomic E-state index is 12.7. The van der Waals surface area contributed by atoms with Crippen molar-refractivity contribution in [3.8, 4) is 11.5 Å². The number of aromatic nitrogens is 2. The Hall–Kier alpha value is -2.54. The van der Waals surface area contributed by atoms with Crippen LogP contribution in [0.25, 0.3) is 10.2 Å². The van der Waals surface area contributed by atoms with Gasteiger partial charge >= 0.3 is 0 Å². The van der Waals surface area contributed by atoms with E-state index in [1.807, 2.05) is 45.2 Å². The Morgan fingerprint density at radius 3 is 2.68 bits per heavy atom. The van der Waals surface area contributed by atoms with Crippen molar-refractivity contribution in [1.29, 1.82) is 0 Å². The molecule has 2 aromatic heterocycles. The molecule has 1 unspecified atom stereocenters. The average molecular weight is 359 g/mol. The number of carbonyl (C=O) groups is 1. The van der Waals surface area contributed by atoms with Crippen LogP contribution in [0.5, 0.6) is 11.5 Å². The molecule has 3 aromatic rings. The fraction of sp³-hybridized carbons (Fsp3) is 0.333. The molecular weight excluding hydrogens is 338 g/mol. The van der Waals surface area contributed by atoms with Crippen molar-refractivity contribution in [2.24, 2.45) is 7.05 Å². The summed E-state index contributed by atoms with van der Waals surface area (Å²) < 4.78 is 12.5. The van der Waals surface area contributed by atoms with E-state index in [1.54, 1.807) is 18.9 Å². The Kier molecular flexibility index (Phi) is 4.67. The normalized spacial score (nSPS) is 12.2. The lowest BCUT2D eigenvalue weighted by atomic mass is 10.1. The number of hydrogen-bond donors (Lipinski definition) is 1. The van der Waals surface area contributed by atoms with Crippen molar-refractivity contribution >= 4 is 27.5 Å². The number of thiophene rings is 1. The van der Waals surface area contributed by atoms with E-state index in [2.05, 4.69) is 10.4 Å². The zero-order valence-electron chi connectivity index (χ0n) is 14.9. The van der Waals surface area contributed by atoms with Crippen LogP contribution in [0, 0.1) is 6.92 Å². The minimum Gasteiger partial charge on any atom is -0.497 e. The van der Waals surface area contributed by atoms with Crippen LogP contribution >= 0.6 is 11.3 Å². The number of methoxy groups -OCH3 is 2. The summed E-state index contributed by atoms with van der Waals surface area (Å²) in [6.07, 6.45) is 0. The van der Waals surface area contributed by atoms with Gasteiger partial charge in [-0.3, -0.25) is 9.48 Å². The number of fused-ring (bicyclic) bond motifs is 1. The second kappa shape index (κ2) is 6.76. The van der Waals surface area contributed by atoms with E-state index in [-0.39, 0.29) is 11.9 Å². The highest BCUT2D eigenvalue weighted by atomic mass is 32.1. The Morgan fingerprint density at radius 1 is 1.28 bits per heavy atom. The molecule has 1 atom stereocenters. The van der Waals surface area contributed by atoms with Crippen LogP contribution in [0.4, 0.5) is 0 Å². The summed E-state index contributed by atoms with van der Waals surface area (Å²) in [4.78, 5) is 14.3. The lowest BCUT2D eigenvalue weighted by Crippen LogP contribution is -2.26. The minimum atomic E-state index is -0.220. The molecule has 1 amide bonds. The Balaban J connectivity index is 1.85. The van der Waals surface area contributed by atoms with Crippen LogP contribution in [-0.2, 0) is 7.05 Å². The van der Waals surface area contributed by atoms with Crippen molar-refractivity contribution in [2.45, 2.75) is 19.9 Å². The van der Waals surface area contributed by atoms with Gasteiger partial charge in [0.05, 0.1) is 30.8 Å². The zero-order valence-corrected chi connectivity index (χ0v) is 15.7. The van der Waals surface area contributed by atoms with Gasteiger partial charge in [-0.2, -0.15) is 5.10 Å². The van der Waals surface area contributed by atoms with E-state index < -0.39 is 0 Å². The van der Waals surface area contributed by atoms with Gasteiger partial charge in [0.1, 0.15) is 16.3 Å². The summed E-state index contributed by atoms with van der Waals surface area (Å²) in [7, 11) is 5.11. The lowest BCUT2D eigenvalue weighted by Gasteiger charge is -2.18. The lowest BCUT2D eigenvalue weighted by molar-refractivity contribution is 0.0943. The molecule has 0 spiro atoms. The quantitative estimate of drug-likeness (QED) is 0.758. The van der Waals surface area contributed by atoms with E-state index in [1.165, 1.54) is 11.3 Å². The second-order valence-electron chi connectivity index (χ2n) is 5.84. The SMILES string of the molecule is COc1ccc(OC)c(C(C)NC(=O)c2cc3c(C)nn(C)c3s2)c1. The van der Waals surface area contributed by atoms with E-state index in [0.717, 1.165) is 27.2 Å². The first-order valence-electron chi connectivity index (χ1n) is 7.90. The number of rotatable bonds is 5. The van der Waals surface area contributed by atoms with Crippen LogP contribution in [0.3, 0.4) is 0 Å². The molecule has 0 saturated carbocycles. The summed E-state index contributed by atoms with van der Waals surface area (Å²) in [5.74, 6) is 1.32. The number of ether oxygens (including phenoxy) is 2. The van der Waals surface area contributed by atoms with Gasteiger partial charge in [-0.25, -0.2) is 0 Å². The third-order valence-electron chi connectivity index (χ3n) is 4.17. The molecule has 2 heterocycles. The van der Waals surface area contributed by atoms with E-state index >= 15 is 0 Å². The van der Waals surface area contributed by atoms with Gasteiger partial charge in [0.2, 0.25) is 0 Å². The molecule has 132 valence electrons. The highest BCUT2D eigenvalue weighted by molar-refractivity contribution is 7.20. The number of nitrogens with one attached hydrogen (secondary N) is 1. The topological polar surface area (TPSA) is 65.4 Å². The predicted octanol–water partition coefficient (Wildman–Crippen LogP) is 3.45. The Labute approximate surface area is 150 Å². The van der Waals surface area contributed by atoms with E-state index in [9.17, 15) is 4.79 Å². The molecule has 3 rings (SSSR count). The monoisotopic (exact) mass is 359 g/mol. The van der Waals surface area contributed by atoms with E-state index in [0.29, 0.717) is 10.6 Å². The maximum Gasteiger partial charge on any atom is 0.261 e. The summed E-state index contributed by atoms with van der Waals surface area (Å²) >= 11 is 1.44. The van der Waals surface area contributed by atoms with Crippen molar-refractivity contribution < 1.29 is 14.3 Å². The first-order chi connectivity index (χ1) is 11.9. The van der Waals surface area contributed by atoms with Crippen LogP contribution in [0.2, 0.25) is 0 Å².